The Labute approximate surface area is 132 Å². The molecule has 1 N–H and O–H groups in total. The molecule has 0 unspecified atom stereocenters. The van der Waals surface area contributed by atoms with Crippen molar-refractivity contribution in [2.75, 3.05) is 32.1 Å². The summed E-state index contributed by atoms with van der Waals surface area (Å²) in [5.41, 5.74) is 1.82. The van der Waals surface area contributed by atoms with E-state index in [2.05, 4.69) is 24.1 Å². The molecule has 0 spiro atoms. The van der Waals surface area contributed by atoms with Crippen LogP contribution < -0.4 is 10.1 Å². The molecule has 2 rings (SSSR count). The van der Waals surface area contributed by atoms with Crippen molar-refractivity contribution in [3.05, 3.63) is 23.8 Å². The van der Waals surface area contributed by atoms with Gasteiger partial charge in [0, 0.05) is 26.1 Å². The lowest BCUT2D eigenvalue weighted by molar-refractivity contribution is -0.117. The SMILES string of the molecule is COc1ccc(C)cc1NC(=O)CCN1C[C@@H](C)O[C@H](C)C1. The number of nitrogens with one attached hydrogen (secondary N) is 1. The van der Waals surface area contributed by atoms with Crippen molar-refractivity contribution >= 4 is 11.6 Å². The third-order valence-corrected chi connectivity index (χ3v) is 3.78. The van der Waals surface area contributed by atoms with Gasteiger partial charge in [-0.3, -0.25) is 9.69 Å². The predicted octanol–water partition coefficient (Wildman–Crippen LogP) is 2.44. The Morgan fingerprint density at radius 2 is 2.05 bits per heavy atom. The number of rotatable bonds is 5. The Bertz CT molecular complexity index is 509. The van der Waals surface area contributed by atoms with Crippen LogP contribution in [0.15, 0.2) is 18.2 Å². The number of hydrogen-bond acceptors (Lipinski definition) is 4. The van der Waals surface area contributed by atoms with Crippen LogP contribution >= 0.6 is 0 Å². The summed E-state index contributed by atoms with van der Waals surface area (Å²) < 4.78 is 11.0. The fourth-order valence-corrected chi connectivity index (χ4v) is 2.86. The quantitative estimate of drug-likeness (QED) is 0.908. The van der Waals surface area contributed by atoms with Crippen LogP contribution in [-0.2, 0) is 9.53 Å². The molecule has 1 fully saturated rings. The van der Waals surface area contributed by atoms with E-state index in [0.717, 1.165) is 30.9 Å². The summed E-state index contributed by atoms with van der Waals surface area (Å²) in [4.78, 5) is 14.5. The third-order valence-electron chi connectivity index (χ3n) is 3.78. The first-order valence-corrected chi connectivity index (χ1v) is 7.80. The molecule has 0 radical (unpaired) electrons. The van der Waals surface area contributed by atoms with E-state index in [-0.39, 0.29) is 18.1 Å². The molecule has 5 nitrogen and oxygen atoms in total. The van der Waals surface area contributed by atoms with Gasteiger partial charge in [-0.15, -0.1) is 0 Å². The lowest BCUT2D eigenvalue weighted by atomic mass is 10.2. The molecule has 0 aliphatic carbocycles. The molecule has 1 saturated heterocycles. The number of anilines is 1. The molecule has 0 aromatic heterocycles. The Morgan fingerprint density at radius 1 is 1.36 bits per heavy atom. The summed E-state index contributed by atoms with van der Waals surface area (Å²) in [6.07, 6.45) is 0.920. The molecule has 1 amide bonds. The predicted molar refractivity (Wildman–Crippen MR) is 87.4 cm³/mol. The van der Waals surface area contributed by atoms with Gasteiger partial charge in [0.25, 0.3) is 0 Å². The van der Waals surface area contributed by atoms with Gasteiger partial charge in [-0.2, -0.15) is 0 Å². The fourth-order valence-electron chi connectivity index (χ4n) is 2.86. The molecule has 1 aromatic carbocycles. The van der Waals surface area contributed by atoms with Crippen LogP contribution in [0.2, 0.25) is 0 Å². The van der Waals surface area contributed by atoms with Crippen LogP contribution in [0.3, 0.4) is 0 Å². The minimum Gasteiger partial charge on any atom is -0.495 e. The second-order valence-corrected chi connectivity index (χ2v) is 6.02. The molecule has 1 aromatic rings. The van der Waals surface area contributed by atoms with Gasteiger partial charge in [-0.1, -0.05) is 6.07 Å². The smallest absolute Gasteiger partial charge is 0.225 e. The van der Waals surface area contributed by atoms with E-state index < -0.39 is 0 Å². The van der Waals surface area contributed by atoms with Crippen LogP contribution in [0.25, 0.3) is 0 Å². The highest BCUT2D eigenvalue weighted by atomic mass is 16.5. The van der Waals surface area contributed by atoms with E-state index in [1.54, 1.807) is 7.11 Å². The van der Waals surface area contributed by atoms with Crippen molar-refractivity contribution in [3.8, 4) is 5.75 Å². The molecule has 2 atom stereocenters. The normalized spacial score (nSPS) is 22.4. The summed E-state index contributed by atoms with van der Waals surface area (Å²) in [5.74, 6) is 0.697. The van der Waals surface area contributed by atoms with Gasteiger partial charge in [-0.25, -0.2) is 0 Å². The highest BCUT2D eigenvalue weighted by Crippen LogP contribution is 2.25. The molecule has 0 bridgehead atoms. The van der Waals surface area contributed by atoms with Crippen molar-refractivity contribution in [2.45, 2.75) is 39.4 Å². The van der Waals surface area contributed by atoms with Gasteiger partial charge >= 0.3 is 0 Å². The lowest BCUT2D eigenvalue weighted by Gasteiger charge is -2.35. The number of nitrogens with zero attached hydrogens (tertiary/aromatic N) is 1. The number of benzene rings is 1. The summed E-state index contributed by atoms with van der Waals surface area (Å²) in [6, 6.07) is 5.76. The Balaban J connectivity index is 1.87. The topological polar surface area (TPSA) is 50.8 Å². The van der Waals surface area contributed by atoms with E-state index in [0.29, 0.717) is 12.2 Å². The molecule has 5 heteroatoms. The molecule has 0 saturated carbocycles. The van der Waals surface area contributed by atoms with Gasteiger partial charge in [0.15, 0.2) is 0 Å². The van der Waals surface area contributed by atoms with Crippen LogP contribution in [0.5, 0.6) is 5.75 Å². The first kappa shape index (κ1) is 16.8. The molecule has 1 aliphatic heterocycles. The fraction of sp³-hybridized carbons (Fsp3) is 0.588. The number of methoxy groups -OCH3 is 1. The molecule has 122 valence electrons. The van der Waals surface area contributed by atoms with E-state index in [1.165, 1.54) is 0 Å². The lowest BCUT2D eigenvalue weighted by Crippen LogP contribution is -2.46. The zero-order valence-corrected chi connectivity index (χ0v) is 13.9. The Kier molecular flexibility index (Phi) is 5.80. The highest BCUT2D eigenvalue weighted by Gasteiger charge is 2.22. The van der Waals surface area contributed by atoms with E-state index in [9.17, 15) is 4.79 Å². The van der Waals surface area contributed by atoms with Crippen molar-refractivity contribution in [1.82, 2.24) is 4.90 Å². The summed E-state index contributed by atoms with van der Waals surface area (Å²) in [7, 11) is 1.61. The van der Waals surface area contributed by atoms with Crippen LogP contribution in [0.1, 0.15) is 25.8 Å². The van der Waals surface area contributed by atoms with Crippen molar-refractivity contribution < 1.29 is 14.3 Å². The van der Waals surface area contributed by atoms with Gasteiger partial charge in [0.2, 0.25) is 5.91 Å². The first-order chi connectivity index (χ1) is 10.5. The average Bonchev–Trinajstić information content (AvgIpc) is 2.44. The minimum atomic E-state index is 0.00991. The Morgan fingerprint density at radius 3 is 2.68 bits per heavy atom. The molecule has 1 aliphatic rings. The van der Waals surface area contributed by atoms with Crippen molar-refractivity contribution in [1.29, 1.82) is 0 Å². The number of aryl methyl sites for hydroxylation is 1. The zero-order chi connectivity index (χ0) is 16.1. The second kappa shape index (κ2) is 7.61. The largest absolute Gasteiger partial charge is 0.495 e. The van der Waals surface area contributed by atoms with Crippen LogP contribution in [-0.4, -0.2) is 49.8 Å². The summed E-state index contributed by atoms with van der Waals surface area (Å²) in [5, 5.41) is 2.94. The molecular formula is C17H26N2O3. The maximum atomic E-state index is 12.2. The van der Waals surface area contributed by atoms with Gasteiger partial charge in [0.05, 0.1) is 25.0 Å². The van der Waals surface area contributed by atoms with Gasteiger partial charge < -0.3 is 14.8 Å². The summed E-state index contributed by atoms with van der Waals surface area (Å²) >= 11 is 0. The van der Waals surface area contributed by atoms with Gasteiger partial charge in [0.1, 0.15) is 5.75 Å². The third kappa shape index (κ3) is 4.71. The summed E-state index contributed by atoms with van der Waals surface area (Å²) in [6.45, 7) is 8.64. The number of amides is 1. The standard InChI is InChI=1S/C17H26N2O3/c1-12-5-6-16(21-4)15(9-12)18-17(20)7-8-19-10-13(2)22-14(3)11-19/h5-6,9,13-14H,7-8,10-11H2,1-4H3,(H,18,20)/t13-,14-/m1/s1. The van der Waals surface area contributed by atoms with Crippen LogP contribution in [0, 0.1) is 6.92 Å². The maximum absolute atomic E-state index is 12.2. The Hall–Kier alpha value is -1.59. The zero-order valence-electron chi connectivity index (χ0n) is 13.9. The minimum absolute atomic E-state index is 0.00991. The monoisotopic (exact) mass is 306 g/mol. The average molecular weight is 306 g/mol. The van der Waals surface area contributed by atoms with Gasteiger partial charge in [-0.05, 0) is 38.5 Å². The number of ether oxygens (including phenoxy) is 2. The van der Waals surface area contributed by atoms with Crippen LogP contribution in [0.4, 0.5) is 5.69 Å². The van der Waals surface area contributed by atoms with E-state index >= 15 is 0 Å². The molecule has 22 heavy (non-hydrogen) atoms. The van der Waals surface area contributed by atoms with E-state index in [1.807, 2.05) is 25.1 Å². The first-order valence-electron chi connectivity index (χ1n) is 7.80. The number of hydrogen-bond donors (Lipinski definition) is 1. The number of morpholine rings is 1. The molecular weight excluding hydrogens is 280 g/mol. The van der Waals surface area contributed by atoms with Crippen molar-refractivity contribution in [3.63, 3.8) is 0 Å². The highest BCUT2D eigenvalue weighted by molar-refractivity contribution is 5.92. The number of carbonyl (C=O) groups is 1. The number of carbonyl (C=O) groups excluding carboxylic acids is 1. The van der Waals surface area contributed by atoms with Crippen molar-refractivity contribution in [2.24, 2.45) is 0 Å². The molecule has 1 heterocycles. The van der Waals surface area contributed by atoms with E-state index in [4.69, 9.17) is 9.47 Å². The maximum Gasteiger partial charge on any atom is 0.225 e. The second-order valence-electron chi connectivity index (χ2n) is 6.02.